The molecule has 0 aliphatic heterocycles. The van der Waals surface area contributed by atoms with Crippen LogP contribution in [0.1, 0.15) is 15.9 Å². The number of amides is 1. The van der Waals surface area contributed by atoms with E-state index in [0.717, 1.165) is 10.9 Å². The van der Waals surface area contributed by atoms with Crippen molar-refractivity contribution < 1.29 is 9.18 Å². The van der Waals surface area contributed by atoms with Crippen molar-refractivity contribution in [2.45, 2.75) is 6.54 Å². The summed E-state index contributed by atoms with van der Waals surface area (Å²) in [5, 5.41) is 0.792. The van der Waals surface area contributed by atoms with E-state index in [1.807, 2.05) is 6.07 Å². The first-order chi connectivity index (χ1) is 10.7. The third-order valence-electron chi connectivity index (χ3n) is 3.16. The number of carbonyl (C=O) groups excluding carboxylic acids is 1. The number of carbonyl (C=O) groups is 1. The van der Waals surface area contributed by atoms with Crippen LogP contribution < -0.4 is 10.9 Å². The van der Waals surface area contributed by atoms with Gasteiger partial charge >= 0.3 is 0 Å². The molecule has 1 aromatic heterocycles. The van der Waals surface area contributed by atoms with Crippen LogP contribution in [0.2, 0.25) is 0 Å². The average Bonchev–Trinajstić information content (AvgIpc) is 2.54. The predicted molar refractivity (Wildman–Crippen MR) is 80.2 cm³/mol. The average molecular weight is 296 g/mol. The number of nitrogens with zero attached hydrogens (tertiary/aromatic N) is 2. The zero-order chi connectivity index (χ0) is 15.4. The Morgan fingerprint density at radius 1 is 1.18 bits per heavy atom. The maximum Gasteiger partial charge on any atom is 0.267 e. The predicted octanol–water partition coefficient (Wildman–Crippen LogP) is 2.20. The standard InChI is InChI=1S/C16H13FN4O/c17-13-5-1-3-11(7-13)8-20-21-16(22)14-6-2-4-12-9-18-10-19-15(12)14/h1-7,9-10,20H,8H2,(H,21,22). The van der Waals surface area contributed by atoms with Crippen LogP contribution in [0.15, 0.2) is 55.0 Å². The molecule has 110 valence electrons. The molecule has 0 aliphatic carbocycles. The van der Waals surface area contributed by atoms with E-state index < -0.39 is 0 Å². The van der Waals surface area contributed by atoms with Crippen LogP contribution in [0.5, 0.6) is 0 Å². The van der Waals surface area contributed by atoms with Gasteiger partial charge in [-0.25, -0.2) is 19.8 Å². The maximum atomic E-state index is 13.1. The van der Waals surface area contributed by atoms with Crippen molar-refractivity contribution in [1.29, 1.82) is 0 Å². The molecule has 5 nitrogen and oxygen atoms in total. The van der Waals surface area contributed by atoms with Gasteiger partial charge in [0.05, 0.1) is 11.1 Å². The highest BCUT2D eigenvalue weighted by atomic mass is 19.1. The van der Waals surface area contributed by atoms with Crippen molar-refractivity contribution in [1.82, 2.24) is 20.8 Å². The Morgan fingerprint density at radius 2 is 2.05 bits per heavy atom. The molecule has 0 radical (unpaired) electrons. The molecule has 1 amide bonds. The Balaban J connectivity index is 1.69. The van der Waals surface area contributed by atoms with Gasteiger partial charge in [-0.05, 0) is 23.8 Å². The van der Waals surface area contributed by atoms with E-state index in [1.54, 1.807) is 30.5 Å². The SMILES string of the molecule is O=C(NNCc1cccc(F)c1)c1cccc2cncnc12. The summed E-state index contributed by atoms with van der Waals surface area (Å²) in [6.45, 7) is 0.323. The van der Waals surface area contributed by atoms with E-state index in [0.29, 0.717) is 17.6 Å². The highest BCUT2D eigenvalue weighted by Gasteiger charge is 2.10. The van der Waals surface area contributed by atoms with Gasteiger partial charge in [-0.2, -0.15) is 0 Å². The lowest BCUT2D eigenvalue weighted by molar-refractivity contribution is 0.0934. The van der Waals surface area contributed by atoms with Crippen LogP contribution in [0.3, 0.4) is 0 Å². The van der Waals surface area contributed by atoms with Crippen molar-refractivity contribution >= 4 is 16.8 Å². The Hall–Kier alpha value is -2.86. The van der Waals surface area contributed by atoms with E-state index in [2.05, 4.69) is 20.8 Å². The van der Waals surface area contributed by atoms with Crippen LogP contribution in [-0.4, -0.2) is 15.9 Å². The Bertz CT molecular complexity index is 817. The molecule has 0 unspecified atom stereocenters. The maximum absolute atomic E-state index is 13.1. The van der Waals surface area contributed by atoms with Gasteiger partial charge in [-0.15, -0.1) is 0 Å². The molecule has 0 atom stereocenters. The van der Waals surface area contributed by atoms with Crippen LogP contribution in [0.25, 0.3) is 10.9 Å². The van der Waals surface area contributed by atoms with Gasteiger partial charge in [0.2, 0.25) is 0 Å². The molecule has 0 fully saturated rings. The lowest BCUT2D eigenvalue weighted by Gasteiger charge is -2.09. The molecule has 0 spiro atoms. The lowest BCUT2D eigenvalue weighted by atomic mass is 10.1. The minimum absolute atomic E-state index is 0.305. The van der Waals surface area contributed by atoms with Crippen LogP contribution in [-0.2, 0) is 6.54 Å². The molecular formula is C16H13FN4O. The molecule has 0 saturated heterocycles. The van der Waals surface area contributed by atoms with E-state index in [1.165, 1.54) is 18.5 Å². The number of aromatic nitrogens is 2. The quantitative estimate of drug-likeness (QED) is 0.724. The summed E-state index contributed by atoms with van der Waals surface area (Å²) in [5.41, 5.74) is 7.14. The van der Waals surface area contributed by atoms with E-state index in [9.17, 15) is 9.18 Å². The molecular weight excluding hydrogens is 283 g/mol. The minimum atomic E-state index is -0.309. The summed E-state index contributed by atoms with van der Waals surface area (Å²) in [5.74, 6) is -0.614. The zero-order valence-electron chi connectivity index (χ0n) is 11.6. The van der Waals surface area contributed by atoms with Gasteiger partial charge in [-0.1, -0.05) is 24.3 Å². The van der Waals surface area contributed by atoms with Gasteiger partial charge in [0.15, 0.2) is 0 Å². The monoisotopic (exact) mass is 296 g/mol. The highest BCUT2D eigenvalue weighted by molar-refractivity contribution is 6.04. The largest absolute Gasteiger partial charge is 0.287 e. The second-order valence-corrected chi connectivity index (χ2v) is 4.70. The molecule has 6 heteroatoms. The Labute approximate surface area is 126 Å². The van der Waals surface area contributed by atoms with Crippen LogP contribution in [0.4, 0.5) is 4.39 Å². The second kappa shape index (κ2) is 6.28. The van der Waals surface area contributed by atoms with Crippen LogP contribution >= 0.6 is 0 Å². The lowest BCUT2D eigenvalue weighted by Crippen LogP contribution is -2.37. The van der Waals surface area contributed by atoms with Gasteiger partial charge in [0.25, 0.3) is 5.91 Å². The molecule has 0 aliphatic rings. The molecule has 3 rings (SSSR count). The first-order valence-electron chi connectivity index (χ1n) is 6.70. The molecule has 3 aromatic rings. The molecule has 2 aromatic carbocycles. The zero-order valence-corrected chi connectivity index (χ0v) is 11.6. The van der Waals surface area contributed by atoms with Gasteiger partial charge in [0.1, 0.15) is 12.1 Å². The Morgan fingerprint density at radius 3 is 2.91 bits per heavy atom. The summed E-state index contributed by atoms with van der Waals surface area (Å²) < 4.78 is 13.1. The van der Waals surface area contributed by atoms with Crippen molar-refractivity contribution in [2.75, 3.05) is 0 Å². The van der Waals surface area contributed by atoms with Gasteiger partial charge < -0.3 is 0 Å². The van der Waals surface area contributed by atoms with Crippen molar-refractivity contribution in [3.05, 3.63) is 71.9 Å². The number of hydrogen-bond donors (Lipinski definition) is 2. The fourth-order valence-corrected chi connectivity index (χ4v) is 2.14. The fourth-order valence-electron chi connectivity index (χ4n) is 2.14. The minimum Gasteiger partial charge on any atom is -0.287 e. The molecule has 22 heavy (non-hydrogen) atoms. The first-order valence-corrected chi connectivity index (χ1v) is 6.70. The normalized spacial score (nSPS) is 10.6. The van der Waals surface area contributed by atoms with Crippen LogP contribution in [0, 0.1) is 5.82 Å². The number of rotatable bonds is 4. The summed E-state index contributed by atoms with van der Waals surface area (Å²) >= 11 is 0. The second-order valence-electron chi connectivity index (χ2n) is 4.70. The van der Waals surface area contributed by atoms with Gasteiger partial charge in [-0.3, -0.25) is 10.2 Å². The number of hydrogen-bond acceptors (Lipinski definition) is 4. The third kappa shape index (κ3) is 3.07. The van der Waals surface area contributed by atoms with E-state index >= 15 is 0 Å². The number of fused-ring (bicyclic) bond motifs is 1. The number of halogens is 1. The number of para-hydroxylation sites is 1. The summed E-state index contributed by atoms with van der Waals surface area (Å²) in [7, 11) is 0. The topological polar surface area (TPSA) is 66.9 Å². The first kappa shape index (κ1) is 14.1. The van der Waals surface area contributed by atoms with E-state index in [-0.39, 0.29) is 11.7 Å². The summed E-state index contributed by atoms with van der Waals surface area (Å²) in [4.78, 5) is 20.3. The van der Waals surface area contributed by atoms with Crippen molar-refractivity contribution in [2.24, 2.45) is 0 Å². The highest BCUT2D eigenvalue weighted by Crippen LogP contribution is 2.14. The molecule has 2 N–H and O–H groups in total. The smallest absolute Gasteiger partial charge is 0.267 e. The summed E-state index contributed by atoms with van der Waals surface area (Å²) in [6, 6.07) is 11.5. The third-order valence-corrected chi connectivity index (χ3v) is 3.16. The van der Waals surface area contributed by atoms with E-state index in [4.69, 9.17) is 0 Å². The number of nitrogens with one attached hydrogen (secondary N) is 2. The van der Waals surface area contributed by atoms with Gasteiger partial charge in [0, 0.05) is 18.1 Å². The van der Waals surface area contributed by atoms with Crippen molar-refractivity contribution in [3.63, 3.8) is 0 Å². The fraction of sp³-hybridized carbons (Fsp3) is 0.0625. The van der Waals surface area contributed by atoms with Crippen molar-refractivity contribution in [3.8, 4) is 0 Å². The molecule has 1 heterocycles. The number of benzene rings is 2. The number of hydrazine groups is 1. The summed E-state index contributed by atoms with van der Waals surface area (Å²) in [6.07, 6.45) is 3.05. The molecule has 0 bridgehead atoms. The molecule has 0 saturated carbocycles. The Kier molecular flexibility index (Phi) is 4.02.